The molecule has 1 saturated heterocycles. The second-order valence-corrected chi connectivity index (χ2v) is 3.30. The van der Waals surface area contributed by atoms with Crippen molar-refractivity contribution in [1.29, 1.82) is 0 Å². The predicted molar refractivity (Wildman–Crippen MR) is 44.0 cm³/mol. The van der Waals surface area contributed by atoms with Crippen LogP contribution in [0, 0.1) is 0 Å². The van der Waals surface area contributed by atoms with Crippen LogP contribution in [0.15, 0.2) is 0 Å². The molecule has 1 aliphatic heterocycles. The largest absolute Gasteiger partial charge is 0.391 e. The lowest BCUT2D eigenvalue weighted by atomic mass is 10.0. The molecule has 0 saturated carbocycles. The van der Waals surface area contributed by atoms with Gasteiger partial charge in [0.15, 0.2) is 6.29 Å². The van der Waals surface area contributed by atoms with Crippen molar-refractivity contribution in [2.75, 3.05) is 6.61 Å². The lowest BCUT2D eigenvalue weighted by Gasteiger charge is -2.35. The fourth-order valence-electron chi connectivity index (χ4n) is 1.26. The summed E-state index contributed by atoms with van der Waals surface area (Å²) in [7, 11) is 0. The van der Waals surface area contributed by atoms with E-state index in [0.29, 0.717) is 0 Å². The third kappa shape index (κ3) is 2.62. The molecule has 0 amide bonds. The van der Waals surface area contributed by atoms with Crippen molar-refractivity contribution in [1.82, 2.24) is 0 Å². The lowest BCUT2D eigenvalue weighted by Crippen LogP contribution is -2.52. The van der Waals surface area contributed by atoms with Crippen molar-refractivity contribution in [2.24, 2.45) is 0 Å². The number of hydrogen-bond donors (Lipinski definition) is 3. The predicted octanol–water partition coefficient (Wildman–Crippen LogP) is -1.15. The van der Waals surface area contributed by atoms with Crippen LogP contribution in [0.4, 0.5) is 0 Å². The Balaban J connectivity index is 2.54. The minimum atomic E-state index is -1.08. The number of aliphatic hydroxyl groups excluding tert-OH is 3. The zero-order chi connectivity index (χ0) is 10.0. The van der Waals surface area contributed by atoms with Crippen LogP contribution in [0.25, 0.3) is 0 Å². The molecule has 1 rings (SSSR count). The quantitative estimate of drug-likeness (QED) is 0.515. The number of rotatable bonds is 2. The molecule has 0 aromatic rings. The smallest absolute Gasteiger partial charge is 0.155 e. The van der Waals surface area contributed by atoms with Gasteiger partial charge in [0, 0.05) is 0 Å². The Bertz CT molecular complexity index is 161. The highest BCUT2D eigenvalue weighted by atomic mass is 16.7. The van der Waals surface area contributed by atoms with Gasteiger partial charge in [-0.05, 0) is 13.8 Å². The van der Waals surface area contributed by atoms with Crippen molar-refractivity contribution in [2.45, 2.75) is 44.6 Å². The number of aliphatic hydroxyl groups is 3. The number of ether oxygens (including phenoxy) is 2. The van der Waals surface area contributed by atoms with Crippen LogP contribution in [0.5, 0.6) is 0 Å². The summed E-state index contributed by atoms with van der Waals surface area (Å²) in [6, 6.07) is 0. The third-order valence-corrected chi connectivity index (χ3v) is 2.06. The van der Waals surface area contributed by atoms with Gasteiger partial charge in [-0.15, -0.1) is 0 Å². The van der Waals surface area contributed by atoms with Gasteiger partial charge in [0.2, 0.25) is 0 Å². The molecule has 0 bridgehead atoms. The van der Waals surface area contributed by atoms with Gasteiger partial charge in [0.1, 0.15) is 18.3 Å². The van der Waals surface area contributed by atoms with Gasteiger partial charge in [-0.2, -0.15) is 0 Å². The van der Waals surface area contributed by atoms with Gasteiger partial charge in [0.25, 0.3) is 0 Å². The molecular formula is C8H16O5. The SMILES string of the molecule is CC1OC[C@@H](O)[C@H](C(O)C(C)O)O1. The maximum atomic E-state index is 9.45. The van der Waals surface area contributed by atoms with Crippen LogP contribution < -0.4 is 0 Å². The standard InChI is InChI=1S/C8H16O5/c1-4(9)7(11)8-6(10)3-12-5(2)13-8/h4-11H,3H2,1-2H3/t4?,5?,6-,7?,8-/m1/s1. The minimum Gasteiger partial charge on any atom is -0.391 e. The molecule has 0 spiro atoms. The molecular weight excluding hydrogens is 176 g/mol. The molecule has 1 heterocycles. The summed E-state index contributed by atoms with van der Waals surface area (Å²) < 4.78 is 10.1. The molecule has 0 aromatic carbocycles. The summed E-state index contributed by atoms with van der Waals surface area (Å²) >= 11 is 0. The average Bonchev–Trinajstić information content (AvgIpc) is 2.08. The maximum Gasteiger partial charge on any atom is 0.155 e. The molecule has 0 radical (unpaired) electrons. The normalized spacial score (nSPS) is 39.9. The van der Waals surface area contributed by atoms with E-state index in [9.17, 15) is 10.2 Å². The first-order valence-electron chi connectivity index (χ1n) is 4.33. The Morgan fingerprint density at radius 3 is 2.54 bits per heavy atom. The molecule has 78 valence electrons. The Morgan fingerprint density at radius 2 is 2.00 bits per heavy atom. The van der Waals surface area contributed by atoms with Gasteiger partial charge in [-0.1, -0.05) is 0 Å². The molecule has 1 fully saturated rings. The molecule has 5 heteroatoms. The van der Waals surface area contributed by atoms with E-state index in [-0.39, 0.29) is 6.61 Å². The highest BCUT2D eigenvalue weighted by Crippen LogP contribution is 2.17. The first kappa shape index (κ1) is 10.9. The van der Waals surface area contributed by atoms with Gasteiger partial charge in [-0.25, -0.2) is 0 Å². The Morgan fingerprint density at radius 1 is 1.38 bits per heavy atom. The third-order valence-electron chi connectivity index (χ3n) is 2.06. The number of hydrogen-bond acceptors (Lipinski definition) is 5. The van der Waals surface area contributed by atoms with Gasteiger partial charge in [-0.3, -0.25) is 0 Å². The zero-order valence-corrected chi connectivity index (χ0v) is 7.75. The Hall–Kier alpha value is -0.200. The molecule has 0 aliphatic carbocycles. The summed E-state index contributed by atoms with van der Waals surface area (Å²) in [4.78, 5) is 0. The molecule has 5 nitrogen and oxygen atoms in total. The van der Waals surface area contributed by atoms with Crippen molar-refractivity contribution in [3.63, 3.8) is 0 Å². The average molecular weight is 192 g/mol. The summed E-state index contributed by atoms with van der Waals surface area (Å²) in [5.41, 5.74) is 0. The summed E-state index contributed by atoms with van der Waals surface area (Å²) in [6.07, 6.45) is -4.13. The summed E-state index contributed by atoms with van der Waals surface area (Å²) in [5.74, 6) is 0. The van der Waals surface area contributed by atoms with Crippen LogP contribution in [0.1, 0.15) is 13.8 Å². The van der Waals surface area contributed by atoms with Gasteiger partial charge < -0.3 is 24.8 Å². The van der Waals surface area contributed by atoms with E-state index >= 15 is 0 Å². The molecule has 1 aliphatic rings. The van der Waals surface area contributed by atoms with Crippen LogP contribution >= 0.6 is 0 Å². The van der Waals surface area contributed by atoms with E-state index in [1.165, 1.54) is 6.92 Å². The van der Waals surface area contributed by atoms with Crippen LogP contribution in [-0.2, 0) is 9.47 Å². The topological polar surface area (TPSA) is 79.2 Å². The maximum absolute atomic E-state index is 9.45. The fourth-order valence-corrected chi connectivity index (χ4v) is 1.26. The molecule has 5 atom stereocenters. The van der Waals surface area contributed by atoms with E-state index in [2.05, 4.69) is 0 Å². The van der Waals surface area contributed by atoms with Gasteiger partial charge >= 0.3 is 0 Å². The summed E-state index contributed by atoms with van der Waals surface area (Å²) in [5, 5.41) is 27.9. The van der Waals surface area contributed by atoms with E-state index in [0.717, 1.165) is 0 Å². The summed E-state index contributed by atoms with van der Waals surface area (Å²) in [6.45, 7) is 3.24. The van der Waals surface area contributed by atoms with E-state index in [1.54, 1.807) is 6.92 Å². The molecule has 0 aromatic heterocycles. The molecule has 13 heavy (non-hydrogen) atoms. The highest BCUT2D eigenvalue weighted by molar-refractivity contribution is 4.82. The second-order valence-electron chi connectivity index (χ2n) is 3.30. The van der Waals surface area contributed by atoms with E-state index in [4.69, 9.17) is 14.6 Å². The second kappa shape index (κ2) is 4.34. The van der Waals surface area contributed by atoms with Crippen molar-refractivity contribution >= 4 is 0 Å². The van der Waals surface area contributed by atoms with Crippen molar-refractivity contribution in [3.05, 3.63) is 0 Å². The molecule has 3 unspecified atom stereocenters. The van der Waals surface area contributed by atoms with Crippen molar-refractivity contribution in [3.8, 4) is 0 Å². The Labute approximate surface area is 76.9 Å². The van der Waals surface area contributed by atoms with Crippen LogP contribution in [0.2, 0.25) is 0 Å². The monoisotopic (exact) mass is 192 g/mol. The lowest BCUT2D eigenvalue weighted by molar-refractivity contribution is -0.271. The van der Waals surface area contributed by atoms with Crippen molar-refractivity contribution < 1.29 is 24.8 Å². The highest BCUT2D eigenvalue weighted by Gasteiger charge is 2.36. The van der Waals surface area contributed by atoms with Crippen LogP contribution in [0.3, 0.4) is 0 Å². The first-order valence-corrected chi connectivity index (χ1v) is 4.33. The zero-order valence-electron chi connectivity index (χ0n) is 7.75. The van der Waals surface area contributed by atoms with Crippen LogP contribution in [-0.4, -0.2) is 52.6 Å². The molecule has 3 N–H and O–H groups in total. The van der Waals surface area contributed by atoms with Gasteiger partial charge in [0.05, 0.1) is 12.7 Å². The van der Waals surface area contributed by atoms with E-state index in [1.807, 2.05) is 0 Å². The minimum absolute atomic E-state index is 0.121. The Kier molecular flexibility index (Phi) is 3.63. The first-order chi connectivity index (χ1) is 6.02. The van der Waals surface area contributed by atoms with E-state index < -0.39 is 30.7 Å². The fraction of sp³-hybridized carbons (Fsp3) is 1.00.